The van der Waals surface area contributed by atoms with E-state index in [1.54, 1.807) is 0 Å². The Labute approximate surface area is 100 Å². The molecule has 2 heterocycles. The van der Waals surface area contributed by atoms with Crippen molar-refractivity contribution < 1.29 is 14.3 Å². The lowest BCUT2D eigenvalue weighted by Gasteiger charge is -2.37. The molecule has 6 unspecified atom stereocenters. The van der Waals surface area contributed by atoms with Crippen LogP contribution in [0.25, 0.3) is 0 Å². The maximum Gasteiger partial charge on any atom is 0.229 e. The fourth-order valence-corrected chi connectivity index (χ4v) is 5.06. The van der Waals surface area contributed by atoms with Crippen molar-refractivity contribution in [3.63, 3.8) is 0 Å². The summed E-state index contributed by atoms with van der Waals surface area (Å²) in [6.45, 7) is 4.77. The van der Waals surface area contributed by atoms with Gasteiger partial charge in [-0.25, -0.2) is 0 Å². The topological polar surface area (TPSA) is 46.6 Å². The fourth-order valence-electron chi connectivity index (χ4n) is 5.06. The second-order valence-corrected chi connectivity index (χ2v) is 5.78. The van der Waals surface area contributed by atoms with Gasteiger partial charge in [-0.2, -0.15) is 0 Å². The first-order valence-electron chi connectivity index (χ1n) is 6.68. The molecule has 2 aliphatic carbocycles. The SMILES string of the molecule is CCN1C(=O)C2C3CC4C(OC1(CC)C42)C3=O. The van der Waals surface area contributed by atoms with E-state index >= 15 is 0 Å². The minimum atomic E-state index is -0.452. The highest BCUT2D eigenvalue weighted by Crippen LogP contribution is 2.66. The number of hydrogen-bond acceptors (Lipinski definition) is 3. The van der Waals surface area contributed by atoms with E-state index in [-0.39, 0.29) is 35.5 Å². The predicted molar refractivity (Wildman–Crippen MR) is 58.9 cm³/mol. The molecule has 0 spiro atoms. The Morgan fingerprint density at radius 2 is 2.18 bits per heavy atom. The van der Waals surface area contributed by atoms with E-state index in [0.717, 1.165) is 12.8 Å². The monoisotopic (exact) mass is 235 g/mol. The summed E-state index contributed by atoms with van der Waals surface area (Å²) in [5, 5.41) is 0. The molecule has 4 rings (SSSR count). The van der Waals surface area contributed by atoms with Gasteiger partial charge in [0, 0.05) is 24.3 Å². The number of amides is 1. The minimum Gasteiger partial charge on any atom is -0.344 e. The van der Waals surface area contributed by atoms with Crippen LogP contribution < -0.4 is 0 Å². The van der Waals surface area contributed by atoms with Crippen molar-refractivity contribution in [1.82, 2.24) is 4.90 Å². The van der Waals surface area contributed by atoms with E-state index in [2.05, 4.69) is 6.92 Å². The quantitative estimate of drug-likeness (QED) is 0.711. The second-order valence-electron chi connectivity index (χ2n) is 5.78. The zero-order valence-electron chi connectivity index (χ0n) is 10.2. The number of ketones is 1. The Kier molecular flexibility index (Phi) is 1.62. The molecule has 6 atom stereocenters. The molecule has 1 amide bonds. The first-order valence-corrected chi connectivity index (χ1v) is 6.68. The molecule has 17 heavy (non-hydrogen) atoms. The number of hydrogen-bond donors (Lipinski definition) is 0. The van der Waals surface area contributed by atoms with Crippen molar-refractivity contribution in [2.75, 3.05) is 6.54 Å². The molecular weight excluding hydrogens is 218 g/mol. The lowest BCUT2D eigenvalue weighted by atomic mass is 9.77. The number of nitrogens with zero attached hydrogens (tertiary/aromatic N) is 1. The number of likely N-dealkylation sites (tertiary alicyclic amines) is 1. The summed E-state index contributed by atoms with van der Waals surface area (Å²) in [5.74, 6) is 0.873. The van der Waals surface area contributed by atoms with Crippen LogP contribution in [0.4, 0.5) is 0 Å². The van der Waals surface area contributed by atoms with Crippen molar-refractivity contribution in [1.29, 1.82) is 0 Å². The maximum absolute atomic E-state index is 12.4. The van der Waals surface area contributed by atoms with Gasteiger partial charge in [0.05, 0.1) is 5.92 Å². The van der Waals surface area contributed by atoms with Crippen LogP contribution in [0.2, 0.25) is 0 Å². The standard InChI is InChI=1S/C13H17NO3/c1-3-13-9-7-5-6(10(15)11(7)17-13)8(9)12(16)14(13)4-2/h6-9,11H,3-5H2,1-2H3. The summed E-state index contributed by atoms with van der Waals surface area (Å²) in [4.78, 5) is 26.5. The molecule has 0 aromatic carbocycles. The zero-order chi connectivity index (χ0) is 11.9. The molecule has 0 aromatic rings. The average molecular weight is 235 g/mol. The summed E-state index contributed by atoms with van der Waals surface area (Å²) in [6.07, 6.45) is 1.49. The third kappa shape index (κ3) is 0.795. The third-order valence-corrected chi connectivity index (χ3v) is 5.53. The van der Waals surface area contributed by atoms with Gasteiger partial charge in [0.25, 0.3) is 0 Å². The maximum atomic E-state index is 12.4. The van der Waals surface area contributed by atoms with Gasteiger partial charge in [0.15, 0.2) is 5.78 Å². The normalized spacial score (nSPS) is 54.2. The molecule has 92 valence electrons. The smallest absolute Gasteiger partial charge is 0.229 e. The zero-order valence-corrected chi connectivity index (χ0v) is 10.2. The number of fused-ring (bicyclic) bond motifs is 2. The molecule has 4 aliphatic rings. The van der Waals surface area contributed by atoms with Crippen LogP contribution in [0.1, 0.15) is 26.7 Å². The number of carbonyl (C=O) groups excluding carboxylic acids is 2. The molecule has 2 aliphatic heterocycles. The summed E-state index contributed by atoms with van der Waals surface area (Å²) in [6, 6.07) is 0. The highest BCUT2D eigenvalue weighted by Gasteiger charge is 2.77. The highest BCUT2D eigenvalue weighted by molar-refractivity contribution is 5.98. The molecule has 2 bridgehead atoms. The summed E-state index contributed by atoms with van der Waals surface area (Å²) < 4.78 is 6.11. The van der Waals surface area contributed by atoms with Crippen LogP contribution in [0, 0.1) is 23.7 Å². The summed E-state index contributed by atoms with van der Waals surface area (Å²) in [5.41, 5.74) is -0.452. The third-order valence-electron chi connectivity index (χ3n) is 5.53. The van der Waals surface area contributed by atoms with Crippen molar-refractivity contribution in [3.05, 3.63) is 0 Å². The number of carbonyl (C=O) groups is 2. The van der Waals surface area contributed by atoms with E-state index < -0.39 is 5.72 Å². The van der Waals surface area contributed by atoms with Crippen LogP contribution in [0.15, 0.2) is 0 Å². The Hall–Kier alpha value is -0.900. The predicted octanol–water partition coefficient (Wildman–Crippen LogP) is 0.805. The lowest BCUT2D eigenvalue weighted by molar-refractivity contribution is -0.171. The fraction of sp³-hybridized carbons (Fsp3) is 0.846. The van der Waals surface area contributed by atoms with Crippen LogP contribution in [-0.4, -0.2) is 35.0 Å². The molecule has 4 fully saturated rings. The highest BCUT2D eigenvalue weighted by atomic mass is 16.5. The van der Waals surface area contributed by atoms with Gasteiger partial charge in [-0.05, 0) is 19.8 Å². The van der Waals surface area contributed by atoms with E-state index in [9.17, 15) is 9.59 Å². The van der Waals surface area contributed by atoms with Crippen molar-refractivity contribution in [2.24, 2.45) is 23.7 Å². The van der Waals surface area contributed by atoms with E-state index in [0.29, 0.717) is 12.5 Å². The van der Waals surface area contributed by atoms with E-state index in [1.165, 1.54) is 0 Å². The molecule has 2 saturated carbocycles. The summed E-state index contributed by atoms with van der Waals surface area (Å²) >= 11 is 0. The molecule has 0 N–H and O–H groups in total. The van der Waals surface area contributed by atoms with Gasteiger partial charge < -0.3 is 9.64 Å². The van der Waals surface area contributed by atoms with Gasteiger partial charge in [-0.3, -0.25) is 9.59 Å². The van der Waals surface area contributed by atoms with Crippen molar-refractivity contribution in [2.45, 2.75) is 38.5 Å². The van der Waals surface area contributed by atoms with Crippen molar-refractivity contribution >= 4 is 11.7 Å². The second kappa shape index (κ2) is 2.74. The molecular formula is C13H17NO3. The van der Waals surface area contributed by atoms with E-state index in [4.69, 9.17) is 4.74 Å². The lowest BCUT2D eigenvalue weighted by Crippen LogP contribution is -2.49. The number of rotatable bonds is 2. The Balaban J connectivity index is 1.90. The van der Waals surface area contributed by atoms with Gasteiger partial charge in [0.1, 0.15) is 11.8 Å². The number of ether oxygens (including phenoxy) is 1. The Morgan fingerprint density at radius 3 is 2.82 bits per heavy atom. The molecule has 0 radical (unpaired) electrons. The average Bonchev–Trinajstić information content (AvgIpc) is 2.95. The first kappa shape index (κ1) is 10.1. The van der Waals surface area contributed by atoms with Crippen LogP contribution in [0.3, 0.4) is 0 Å². The number of Topliss-reactive ketones (excluding diaryl/α,β-unsaturated/α-hetero) is 1. The minimum absolute atomic E-state index is 0.0347. The van der Waals surface area contributed by atoms with Gasteiger partial charge in [-0.1, -0.05) is 6.92 Å². The Bertz CT molecular complexity index is 434. The molecule has 4 nitrogen and oxygen atoms in total. The van der Waals surface area contributed by atoms with Gasteiger partial charge >= 0.3 is 0 Å². The van der Waals surface area contributed by atoms with Crippen LogP contribution in [-0.2, 0) is 14.3 Å². The van der Waals surface area contributed by atoms with Crippen LogP contribution in [0.5, 0.6) is 0 Å². The molecule has 0 aromatic heterocycles. The Morgan fingerprint density at radius 1 is 1.41 bits per heavy atom. The van der Waals surface area contributed by atoms with Crippen LogP contribution >= 0.6 is 0 Å². The molecule has 2 saturated heterocycles. The van der Waals surface area contributed by atoms with Gasteiger partial charge in [-0.15, -0.1) is 0 Å². The summed E-state index contributed by atoms with van der Waals surface area (Å²) in [7, 11) is 0. The van der Waals surface area contributed by atoms with Crippen molar-refractivity contribution in [3.8, 4) is 0 Å². The van der Waals surface area contributed by atoms with Gasteiger partial charge in [0.2, 0.25) is 5.91 Å². The first-order chi connectivity index (χ1) is 8.15. The largest absolute Gasteiger partial charge is 0.344 e. The van der Waals surface area contributed by atoms with E-state index in [1.807, 2.05) is 11.8 Å². The molecule has 4 heteroatoms.